The van der Waals surface area contributed by atoms with E-state index in [1.54, 1.807) is 24.1 Å². The molecule has 0 bridgehead atoms. The lowest BCUT2D eigenvalue weighted by Crippen LogP contribution is -2.30. The molecule has 5 nitrogen and oxygen atoms in total. The van der Waals surface area contributed by atoms with Crippen LogP contribution in [-0.4, -0.2) is 24.1 Å². The lowest BCUT2D eigenvalue weighted by Gasteiger charge is -2.27. The van der Waals surface area contributed by atoms with Crippen molar-refractivity contribution >= 4 is 17.6 Å². The van der Waals surface area contributed by atoms with Crippen molar-refractivity contribution in [2.75, 3.05) is 12.0 Å². The molecule has 0 saturated carbocycles. The van der Waals surface area contributed by atoms with Crippen molar-refractivity contribution in [1.29, 1.82) is 0 Å². The minimum absolute atomic E-state index is 0.000916. The van der Waals surface area contributed by atoms with Crippen molar-refractivity contribution in [1.82, 2.24) is 0 Å². The van der Waals surface area contributed by atoms with E-state index in [1.165, 1.54) is 0 Å². The summed E-state index contributed by atoms with van der Waals surface area (Å²) in [5, 5.41) is 9.52. The molecule has 1 aliphatic rings. The highest BCUT2D eigenvalue weighted by molar-refractivity contribution is 6.00. The summed E-state index contributed by atoms with van der Waals surface area (Å²) in [6.07, 6.45) is 0.000916. The molecule has 0 spiro atoms. The average Bonchev–Trinajstić information content (AvgIpc) is 2.93. The topological polar surface area (TPSA) is 66.8 Å². The van der Waals surface area contributed by atoms with Gasteiger partial charge < -0.3 is 14.7 Å². The van der Waals surface area contributed by atoms with Gasteiger partial charge in [-0.25, -0.2) is 0 Å². The second-order valence-corrected chi connectivity index (χ2v) is 5.47. The van der Waals surface area contributed by atoms with E-state index in [2.05, 4.69) is 0 Å². The smallest absolute Gasteiger partial charge is 0.309 e. The molecular formula is C18H17NO4. The molecule has 3 rings (SSSR count). The van der Waals surface area contributed by atoms with Crippen LogP contribution in [0.25, 0.3) is 0 Å². The number of ether oxygens (including phenoxy) is 1. The maximum atomic E-state index is 12.4. The Morgan fingerprint density at radius 3 is 2.35 bits per heavy atom. The molecular weight excluding hydrogens is 294 g/mol. The number of hydrogen-bond acceptors (Lipinski definition) is 3. The van der Waals surface area contributed by atoms with Gasteiger partial charge in [-0.15, -0.1) is 0 Å². The fourth-order valence-corrected chi connectivity index (χ4v) is 3.03. The van der Waals surface area contributed by atoms with Crippen molar-refractivity contribution in [3.05, 3.63) is 60.2 Å². The Bertz CT molecular complexity index is 712. The van der Waals surface area contributed by atoms with Crippen LogP contribution in [0.5, 0.6) is 5.75 Å². The van der Waals surface area contributed by atoms with E-state index in [0.717, 1.165) is 5.56 Å². The van der Waals surface area contributed by atoms with Crippen LogP contribution in [0.1, 0.15) is 18.0 Å². The van der Waals surface area contributed by atoms with Crippen LogP contribution in [0.15, 0.2) is 54.6 Å². The number of nitrogens with zero attached hydrogens (tertiary/aromatic N) is 1. The number of carbonyl (C=O) groups excluding carboxylic acids is 1. The highest BCUT2D eigenvalue weighted by atomic mass is 16.5. The molecule has 1 heterocycles. The molecule has 0 aliphatic carbocycles. The van der Waals surface area contributed by atoms with Crippen molar-refractivity contribution < 1.29 is 19.4 Å². The normalized spacial score (nSPS) is 20.6. The molecule has 2 aromatic rings. The zero-order chi connectivity index (χ0) is 16.4. The number of amides is 1. The fraction of sp³-hybridized carbons (Fsp3) is 0.222. The van der Waals surface area contributed by atoms with Gasteiger partial charge in [0.05, 0.1) is 19.1 Å². The first-order valence-corrected chi connectivity index (χ1v) is 7.35. The number of hydrogen-bond donors (Lipinski definition) is 1. The van der Waals surface area contributed by atoms with Gasteiger partial charge in [-0.2, -0.15) is 0 Å². The highest BCUT2D eigenvalue weighted by Crippen LogP contribution is 2.41. The van der Waals surface area contributed by atoms with Crippen LogP contribution in [0.4, 0.5) is 5.69 Å². The number of aliphatic carboxylic acids is 1. The standard InChI is InChI=1S/C18H17NO4/c1-23-14-9-7-12(8-10-14)17-15(18(21)22)11-16(20)19(17)13-5-3-2-4-6-13/h2-10,15,17H,11H2,1H3,(H,21,22). The molecule has 1 N–H and O–H groups in total. The first-order chi connectivity index (χ1) is 11.1. The second kappa shape index (κ2) is 6.12. The van der Waals surface area contributed by atoms with E-state index < -0.39 is 17.9 Å². The largest absolute Gasteiger partial charge is 0.497 e. The molecule has 5 heteroatoms. The van der Waals surface area contributed by atoms with Gasteiger partial charge in [-0.05, 0) is 29.8 Å². The van der Waals surface area contributed by atoms with Gasteiger partial charge in [0.15, 0.2) is 0 Å². The molecule has 2 aromatic carbocycles. The molecule has 1 amide bonds. The SMILES string of the molecule is COc1ccc(C2C(C(=O)O)CC(=O)N2c2ccccc2)cc1. The lowest BCUT2D eigenvalue weighted by atomic mass is 9.93. The van der Waals surface area contributed by atoms with Gasteiger partial charge in [-0.1, -0.05) is 30.3 Å². The number of rotatable bonds is 4. The van der Waals surface area contributed by atoms with Crippen LogP contribution < -0.4 is 9.64 Å². The fourth-order valence-electron chi connectivity index (χ4n) is 3.03. The van der Waals surface area contributed by atoms with Crippen LogP contribution in [0, 0.1) is 5.92 Å². The highest BCUT2D eigenvalue weighted by Gasteiger charge is 2.45. The number of benzene rings is 2. The minimum atomic E-state index is -0.961. The molecule has 1 fully saturated rings. The third-order valence-corrected chi connectivity index (χ3v) is 4.13. The number of carboxylic acids is 1. The van der Waals surface area contributed by atoms with E-state index >= 15 is 0 Å². The Kier molecular flexibility index (Phi) is 4.02. The molecule has 118 valence electrons. The summed E-state index contributed by atoms with van der Waals surface area (Å²) in [4.78, 5) is 25.6. The maximum Gasteiger partial charge on any atom is 0.309 e. The summed E-state index contributed by atoms with van der Waals surface area (Å²) < 4.78 is 5.14. The number of methoxy groups -OCH3 is 1. The molecule has 23 heavy (non-hydrogen) atoms. The summed E-state index contributed by atoms with van der Waals surface area (Å²) in [5.74, 6) is -1.21. The summed E-state index contributed by atoms with van der Waals surface area (Å²) in [6.45, 7) is 0. The number of carbonyl (C=O) groups is 2. The number of para-hydroxylation sites is 1. The molecule has 2 unspecified atom stereocenters. The van der Waals surface area contributed by atoms with Crippen LogP contribution >= 0.6 is 0 Å². The van der Waals surface area contributed by atoms with Crippen LogP contribution in [-0.2, 0) is 9.59 Å². The average molecular weight is 311 g/mol. The molecule has 0 aromatic heterocycles. The lowest BCUT2D eigenvalue weighted by molar-refractivity contribution is -0.142. The monoisotopic (exact) mass is 311 g/mol. The molecule has 0 radical (unpaired) electrons. The summed E-state index contributed by atoms with van der Waals surface area (Å²) in [5.41, 5.74) is 1.50. The van der Waals surface area contributed by atoms with Gasteiger partial charge in [0, 0.05) is 12.1 Å². The predicted octanol–water partition coefficient (Wildman–Crippen LogP) is 2.87. The Labute approximate surface area is 134 Å². The molecule has 1 aliphatic heterocycles. The zero-order valence-corrected chi connectivity index (χ0v) is 12.7. The minimum Gasteiger partial charge on any atom is -0.497 e. The van der Waals surface area contributed by atoms with Gasteiger partial charge in [0.25, 0.3) is 0 Å². The Hall–Kier alpha value is -2.82. The van der Waals surface area contributed by atoms with Crippen molar-refractivity contribution in [2.24, 2.45) is 5.92 Å². The maximum absolute atomic E-state index is 12.4. The Balaban J connectivity index is 2.05. The Morgan fingerprint density at radius 1 is 1.13 bits per heavy atom. The summed E-state index contributed by atoms with van der Waals surface area (Å²) >= 11 is 0. The van der Waals surface area contributed by atoms with Gasteiger partial charge >= 0.3 is 5.97 Å². The molecule has 2 atom stereocenters. The molecule has 1 saturated heterocycles. The van der Waals surface area contributed by atoms with Gasteiger partial charge in [-0.3, -0.25) is 9.59 Å². The van der Waals surface area contributed by atoms with Crippen LogP contribution in [0.3, 0.4) is 0 Å². The predicted molar refractivity (Wildman–Crippen MR) is 85.4 cm³/mol. The third kappa shape index (κ3) is 2.77. The quantitative estimate of drug-likeness (QED) is 0.943. The van der Waals surface area contributed by atoms with E-state index in [4.69, 9.17) is 4.74 Å². The van der Waals surface area contributed by atoms with Gasteiger partial charge in [0.1, 0.15) is 5.75 Å². The Morgan fingerprint density at radius 2 is 1.78 bits per heavy atom. The number of carboxylic acid groups (broad SMARTS) is 1. The number of anilines is 1. The summed E-state index contributed by atoms with van der Waals surface area (Å²) in [7, 11) is 1.57. The van der Waals surface area contributed by atoms with E-state index in [1.807, 2.05) is 42.5 Å². The van der Waals surface area contributed by atoms with Crippen LogP contribution in [0.2, 0.25) is 0 Å². The first-order valence-electron chi connectivity index (χ1n) is 7.35. The van der Waals surface area contributed by atoms with E-state index in [9.17, 15) is 14.7 Å². The zero-order valence-electron chi connectivity index (χ0n) is 12.7. The van der Waals surface area contributed by atoms with Crippen molar-refractivity contribution in [3.63, 3.8) is 0 Å². The third-order valence-electron chi connectivity index (χ3n) is 4.13. The van der Waals surface area contributed by atoms with Crippen molar-refractivity contribution in [3.8, 4) is 5.75 Å². The van der Waals surface area contributed by atoms with E-state index in [-0.39, 0.29) is 12.3 Å². The van der Waals surface area contributed by atoms with E-state index in [0.29, 0.717) is 11.4 Å². The van der Waals surface area contributed by atoms with Crippen molar-refractivity contribution in [2.45, 2.75) is 12.5 Å². The van der Waals surface area contributed by atoms with Gasteiger partial charge in [0.2, 0.25) is 5.91 Å². The first kappa shape index (κ1) is 15.1. The summed E-state index contributed by atoms with van der Waals surface area (Å²) in [6, 6.07) is 15.8. The second-order valence-electron chi connectivity index (χ2n) is 5.47.